The van der Waals surface area contributed by atoms with Gasteiger partial charge in [0.05, 0.1) is 19.4 Å². The first-order chi connectivity index (χ1) is 10.7. The van der Waals surface area contributed by atoms with E-state index in [9.17, 15) is 0 Å². The summed E-state index contributed by atoms with van der Waals surface area (Å²) in [5.74, 6) is 2.84. The molecule has 0 radical (unpaired) electrons. The summed E-state index contributed by atoms with van der Waals surface area (Å²) in [6.45, 7) is 8.49. The first-order valence-corrected chi connectivity index (χ1v) is 8.18. The Labute approximate surface area is 132 Å². The van der Waals surface area contributed by atoms with Crippen molar-refractivity contribution in [3.63, 3.8) is 0 Å². The number of hydrogen-bond donors (Lipinski definition) is 0. The zero-order valence-corrected chi connectivity index (χ0v) is 13.6. The maximum Gasteiger partial charge on any atom is 0.122 e. The van der Waals surface area contributed by atoms with Gasteiger partial charge in [0.1, 0.15) is 11.6 Å². The molecule has 2 aromatic heterocycles. The van der Waals surface area contributed by atoms with Crippen LogP contribution in [0.2, 0.25) is 0 Å². The fourth-order valence-electron chi connectivity index (χ4n) is 3.40. The molecule has 2 aromatic rings. The lowest BCUT2D eigenvalue weighted by Gasteiger charge is -2.26. The van der Waals surface area contributed by atoms with Gasteiger partial charge >= 0.3 is 0 Å². The Balaban J connectivity index is 1.64. The Bertz CT molecular complexity index is 563. The molecule has 1 aliphatic rings. The molecule has 0 saturated heterocycles. The van der Waals surface area contributed by atoms with Gasteiger partial charge in [0, 0.05) is 37.9 Å². The molecule has 0 aliphatic carbocycles. The van der Waals surface area contributed by atoms with Crippen molar-refractivity contribution in [3.8, 4) is 0 Å². The molecular formula is C17H26N4O. The number of nitrogens with zero attached hydrogens (tertiary/aromatic N) is 4. The Hall–Kier alpha value is -1.59. The summed E-state index contributed by atoms with van der Waals surface area (Å²) in [6.07, 6.45) is 6.98. The van der Waals surface area contributed by atoms with E-state index in [2.05, 4.69) is 39.5 Å². The summed E-state index contributed by atoms with van der Waals surface area (Å²) >= 11 is 0. The first kappa shape index (κ1) is 15.3. The standard InChI is InChI=1S/C17H26N4O/c1-3-7-20-11-15(12-21-8-6-18-17(21)14-20)10-19(2)13-16-5-4-9-22-16/h4-6,8-9,15H,3,7,10-14H2,1-2H3. The van der Waals surface area contributed by atoms with Crippen LogP contribution in [0.25, 0.3) is 0 Å². The van der Waals surface area contributed by atoms with Crippen LogP contribution in [0.5, 0.6) is 0 Å². The van der Waals surface area contributed by atoms with Crippen molar-refractivity contribution in [2.75, 3.05) is 26.7 Å². The van der Waals surface area contributed by atoms with Crippen LogP contribution in [0.1, 0.15) is 24.9 Å². The van der Waals surface area contributed by atoms with Crippen LogP contribution in [0.15, 0.2) is 35.2 Å². The quantitative estimate of drug-likeness (QED) is 0.821. The highest BCUT2D eigenvalue weighted by atomic mass is 16.3. The van der Waals surface area contributed by atoms with E-state index >= 15 is 0 Å². The molecule has 3 heterocycles. The molecular weight excluding hydrogens is 276 g/mol. The molecule has 0 spiro atoms. The number of hydrogen-bond acceptors (Lipinski definition) is 4. The summed E-state index contributed by atoms with van der Waals surface area (Å²) in [4.78, 5) is 9.41. The van der Waals surface area contributed by atoms with Crippen LogP contribution < -0.4 is 0 Å². The molecule has 0 saturated carbocycles. The minimum atomic E-state index is 0.613. The van der Waals surface area contributed by atoms with Gasteiger partial charge in [-0.15, -0.1) is 0 Å². The fourth-order valence-corrected chi connectivity index (χ4v) is 3.40. The topological polar surface area (TPSA) is 37.4 Å². The van der Waals surface area contributed by atoms with Gasteiger partial charge in [-0.25, -0.2) is 4.98 Å². The average Bonchev–Trinajstić information content (AvgIpc) is 3.09. The normalized spacial score (nSPS) is 19.3. The minimum Gasteiger partial charge on any atom is -0.468 e. The van der Waals surface area contributed by atoms with Crippen molar-refractivity contribution in [2.24, 2.45) is 5.92 Å². The summed E-state index contributed by atoms with van der Waals surface area (Å²) in [6, 6.07) is 4.00. The predicted octanol–water partition coefficient (Wildman–Crippen LogP) is 2.45. The van der Waals surface area contributed by atoms with Crippen LogP contribution in [-0.2, 0) is 19.6 Å². The maximum atomic E-state index is 5.45. The van der Waals surface area contributed by atoms with Crippen molar-refractivity contribution >= 4 is 0 Å². The van der Waals surface area contributed by atoms with E-state index in [1.54, 1.807) is 6.26 Å². The van der Waals surface area contributed by atoms with Gasteiger partial charge in [-0.2, -0.15) is 0 Å². The summed E-state index contributed by atoms with van der Waals surface area (Å²) in [5.41, 5.74) is 0. The van der Waals surface area contributed by atoms with Crippen LogP contribution in [0, 0.1) is 5.92 Å². The van der Waals surface area contributed by atoms with Gasteiger partial charge in [-0.3, -0.25) is 9.80 Å². The third-order valence-corrected chi connectivity index (χ3v) is 4.25. The van der Waals surface area contributed by atoms with E-state index in [0.717, 1.165) is 45.0 Å². The van der Waals surface area contributed by atoms with E-state index < -0.39 is 0 Å². The Kier molecular flexibility index (Phi) is 4.95. The highest BCUT2D eigenvalue weighted by molar-refractivity contribution is 4.98. The van der Waals surface area contributed by atoms with Crippen molar-refractivity contribution in [1.29, 1.82) is 0 Å². The van der Waals surface area contributed by atoms with Crippen LogP contribution in [0.3, 0.4) is 0 Å². The molecule has 1 aliphatic heterocycles. The second kappa shape index (κ2) is 7.11. The molecule has 1 atom stereocenters. The van der Waals surface area contributed by atoms with Gasteiger partial charge in [0.15, 0.2) is 0 Å². The highest BCUT2D eigenvalue weighted by Gasteiger charge is 2.23. The van der Waals surface area contributed by atoms with Crippen molar-refractivity contribution < 1.29 is 4.42 Å². The van der Waals surface area contributed by atoms with Crippen LogP contribution in [-0.4, -0.2) is 46.0 Å². The van der Waals surface area contributed by atoms with E-state index in [1.165, 1.54) is 12.2 Å². The van der Waals surface area contributed by atoms with E-state index in [0.29, 0.717) is 5.92 Å². The van der Waals surface area contributed by atoms with Gasteiger partial charge in [0.2, 0.25) is 0 Å². The first-order valence-electron chi connectivity index (χ1n) is 8.18. The summed E-state index contributed by atoms with van der Waals surface area (Å²) < 4.78 is 7.77. The van der Waals surface area contributed by atoms with Crippen molar-refractivity contribution in [2.45, 2.75) is 33.0 Å². The number of aromatic nitrogens is 2. The second-order valence-corrected chi connectivity index (χ2v) is 6.37. The molecule has 3 rings (SSSR count). The third-order valence-electron chi connectivity index (χ3n) is 4.25. The van der Waals surface area contributed by atoms with E-state index in [-0.39, 0.29) is 0 Å². The molecule has 0 fully saturated rings. The molecule has 0 N–H and O–H groups in total. The van der Waals surface area contributed by atoms with E-state index in [1.807, 2.05) is 18.3 Å². The van der Waals surface area contributed by atoms with Gasteiger partial charge in [-0.05, 0) is 32.1 Å². The lowest BCUT2D eigenvalue weighted by Crippen LogP contribution is -2.35. The number of fused-ring (bicyclic) bond motifs is 1. The van der Waals surface area contributed by atoms with Gasteiger partial charge < -0.3 is 8.98 Å². The van der Waals surface area contributed by atoms with Crippen molar-refractivity contribution in [1.82, 2.24) is 19.4 Å². The molecule has 5 nitrogen and oxygen atoms in total. The largest absolute Gasteiger partial charge is 0.468 e. The third kappa shape index (κ3) is 3.78. The Morgan fingerprint density at radius 1 is 1.41 bits per heavy atom. The number of furan rings is 1. The molecule has 22 heavy (non-hydrogen) atoms. The molecule has 0 aromatic carbocycles. The Morgan fingerprint density at radius 3 is 3.09 bits per heavy atom. The zero-order valence-electron chi connectivity index (χ0n) is 13.6. The lowest BCUT2D eigenvalue weighted by atomic mass is 10.1. The lowest BCUT2D eigenvalue weighted by molar-refractivity contribution is 0.180. The van der Waals surface area contributed by atoms with Crippen LogP contribution in [0.4, 0.5) is 0 Å². The summed E-state index contributed by atoms with van der Waals surface area (Å²) in [7, 11) is 2.17. The molecule has 120 valence electrons. The van der Waals surface area contributed by atoms with Crippen molar-refractivity contribution in [3.05, 3.63) is 42.4 Å². The highest BCUT2D eigenvalue weighted by Crippen LogP contribution is 2.17. The second-order valence-electron chi connectivity index (χ2n) is 6.37. The zero-order chi connectivity index (χ0) is 15.4. The smallest absolute Gasteiger partial charge is 0.122 e. The molecule has 1 unspecified atom stereocenters. The minimum absolute atomic E-state index is 0.613. The predicted molar refractivity (Wildman–Crippen MR) is 86.3 cm³/mol. The fraction of sp³-hybridized carbons (Fsp3) is 0.588. The molecule has 5 heteroatoms. The Morgan fingerprint density at radius 2 is 2.32 bits per heavy atom. The number of imidazole rings is 1. The van der Waals surface area contributed by atoms with Crippen LogP contribution >= 0.6 is 0 Å². The monoisotopic (exact) mass is 302 g/mol. The molecule has 0 bridgehead atoms. The SMILES string of the molecule is CCCN1Cc2nccn2CC(CN(C)Cc2ccco2)C1. The number of rotatable bonds is 6. The van der Waals surface area contributed by atoms with Gasteiger partial charge in [0.25, 0.3) is 0 Å². The van der Waals surface area contributed by atoms with E-state index in [4.69, 9.17) is 4.42 Å². The average molecular weight is 302 g/mol. The van der Waals surface area contributed by atoms with Gasteiger partial charge in [-0.1, -0.05) is 6.92 Å². The molecule has 0 amide bonds. The maximum absolute atomic E-state index is 5.45. The summed E-state index contributed by atoms with van der Waals surface area (Å²) in [5, 5.41) is 0.